The van der Waals surface area contributed by atoms with E-state index in [1.807, 2.05) is 18.2 Å². The van der Waals surface area contributed by atoms with E-state index in [1.165, 1.54) is 0 Å². The second-order valence-electron chi connectivity index (χ2n) is 10.5. The number of carboxylic acid groups (broad SMARTS) is 2. The first kappa shape index (κ1) is 36.8. The monoisotopic (exact) mass is 645 g/mol. The van der Waals surface area contributed by atoms with E-state index < -0.39 is 60.2 Å². The predicted octanol–water partition coefficient (Wildman–Crippen LogP) is -2.45. The molecular formula is C28H43N11O7. The molecule has 18 nitrogen and oxygen atoms in total. The molecule has 252 valence electrons. The number of carbonyl (C=O) groups is 5. The number of nitrogens with one attached hydrogen (secondary N) is 4. The quantitative estimate of drug-likeness (QED) is 0.0406. The molecule has 4 unspecified atom stereocenters. The van der Waals surface area contributed by atoms with Gasteiger partial charge in [0, 0.05) is 43.0 Å². The van der Waals surface area contributed by atoms with Crippen LogP contribution >= 0.6 is 0 Å². The molecule has 0 saturated heterocycles. The summed E-state index contributed by atoms with van der Waals surface area (Å²) in [7, 11) is 0. The highest BCUT2D eigenvalue weighted by Gasteiger charge is 2.31. The molecule has 46 heavy (non-hydrogen) atoms. The van der Waals surface area contributed by atoms with E-state index in [4.69, 9.17) is 28.7 Å². The Morgan fingerprint density at radius 2 is 1.30 bits per heavy atom. The first-order valence-corrected chi connectivity index (χ1v) is 14.6. The number of hydrogen-bond donors (Lipinski definition) is 11. The molecule has 1 heterocycles. The molecule has 4 atom stereocenters. The van der Waals surface area contributed by atoms with Gasteiger partial charge in [-0.2, -0.15) is 0 Å². The van der Waals surface area contributed by atoms with Gasteiger partial charge in [0.25, 0.3) is 0 Å². The van der Waals surface area contributed by atoms with Gasteiger partial charge in [0.2, 0.25) is 17.7 Å². The number of para-hydroxylation sites is 1. The Labute approximate surface area is 264 Å². The molecule has 0 aliphatic heterocycles. The fourth-order valence-corrected chi connectivity index (χ4v) is 4.50. The summed E-state index contributed by atoms with van der Waals surface area (Å²) in [6.45, 7) is 0.327. The lowest BCUT2D eigenvalue weighted by Crippen LogP contribution is -2.57. The number of aromatic nitrogens is 1. The van der Waals surface area contributed by atoms with Crippen LogP contribution in [0.5, 0.6) is 0 Å². The van der Waals surface area contributed by atoms with Crippen LogP contribution in [0.4, 0.5) is 0 Å². The maximum Gasteiger partial charge on any atom is 0.326 e. The van der Waals surface area contributed by atoms with Crippen LogP contribution in [0.2, 0.25) is 0 Å². The summed E-state index contributed by atoms with van der Waals surface area (Å²) >= 11 is 0. The van der Waals surface area contributed by atoms with Crippen molar-refractivity contribution >= 4 is 52.5 Å². The topological polar surface area (TPSA) is 333 Å². The molecule has 0 radical (unpaired) electrons. The van der Waals surface area contributed by atoms with Crippen molar-refractivity contribution in [1.29, 1.82) is 0 Å². The van der Waals surface area contributed by atoms with Crippen molar-refractivity contribution in [3.05, 3.63) is 36.0 Å². The van der Waals surface area contributed by atoms with Crippen molar-refractivity contribution in [3.8, 4) is 0 Å². The third-order valence-electron chi connectivity index (χ3n) is 6.88. The average Bonchev–Trinajstić information content (AvgIpc) is 3.40. The highest BCUT2D eigenvalue weighted by Crippen LogP contribution is 2.19. The minimum absolute atomic E-state index is 0.0162. The van der Waals surface area contributed by atoms with Crippen molar-refractivity contribution in [2.75, 3.05) is 13.1 Å². The molecule has 1 aromatic carbocycles. The summed E-state index contributed by atoms with van der Waals surface area (Å²) in [5.74, 6) is -5.23. The number of nitrogens with two attached hydrogens (primary N) is 5. The Morgan fingerprint density at radius 1 is 0.761 bits per heavy atom. The number of fused-ring (bicyclic) bond motifs is 1. The van der Waals surface area contributed by atoms with Gasteiger partial charge in [0.1, 0.15) is 18.1 Å². The number of benzene rings is 1. The average molecular weight is 646 g/mol. The van der Waals surface area contributed by atoms with Crippen molar-refractivity contribution < 1.29 is 34.2 Å². The number of H-pyrrole nitrogens is 1. The highest BCUT2D eigenvalue weighted by molar-refractivity contribution is 5.94. The van der Waals surface area contributed by atoms with Crippen LogP contribution in [0.3, 0.4) is 0 Å². The smallest absolute Gasteiger partial charge is 0.326 e. The number of guanidine groups is 2. The van der Waals surface area contributed by atoms with E-state index >= 15 is 0 Å². The number of aliphatic imine (C=N–C) groups is 2. The van der Waals surface area contributed by atoms with Crippen LogP contribution in [0.25, 0.3) is 10.9 Å². The third kappa shape index (κ3) is 12.7. The van der Waals surface area contributed by atoms with Gasteiger partial charge in [-0.25, -0.2) is 4.79 Å². The fourth-order valence-electron chi connectivity index (χ4n) is 4.50. The number of nitrogens with zero attached hydrogens (tertiary/aromatic N) is 2. The molecule has 0 spiro atoms. The Balaban J connectivity index is 2.20. The van der Waals surface area contributed by atoms with Crippen LogP contribution in [0.15, 0.2) is 40.4 Å². The van der Waals surface area contributed by atoms with E-state index in [-0.39, 0.29) is 57.1 Å². The van der Waals surface area contributed by atoms with Gasteiger partial charge in [0.05, 0.1) is 6.04 Å². The largest absolute Gasteiger partial charge is 0.481 e. The van der Waals surface area contributed by atoms with Gasteiger partial charge in [-0.1, -0.05) is 18.2 Å². The molecule has 18 heteroatoms. The zero-order valence-electron chi connectivity index (χ0n) is 25.3. The van der Waals surface area contributed by atoms with Gasteiger partial charge in [-0.3, -0.25) is 29.2 Å². The van der Waals surface area contributed by atoms with Crippen LogP contribution in [-0.2, 0) is 30.4 Å². The lowest BCUT2D eigenvalue weighted by atomic mass is 10.0. The van der Waals surface area contributed by atoms with E-state index in [9.17, 15) is 34.2 Å². The standard InChI is InChI=1S/C28H43N11O7/c29-17(6-3-11-34-27(30)31)23(42)37-20(9-10-22(40)41)25(44)38-19(8-4-12-35-28(32)33)24(43)39-21(26(45)46)13-15-14-36-18-7-2-1-5-16(15)18/h1-2,5,7,14,17,19-21,36H,3-4,6,8-13,29H2,(H,37,42)(H,38,44)(H,39,43)(H,40,41)(H,45,46)(H4,30,31,34)(H4,32,33,35). The van der Waals surface area contributed by atoms with Crippen molar-refractivity contribution in [2.45, 2.75) is 69.1 Å². The minimum Gasteiger partial charge on any atom is -0.481 e. The first-order valence-electron chi connectivity index (χ1n) is 14.6. The molecule has 16 N–H and O–H groups in total. The summed E-state index contributed by atoms with van der Waals surface area (Å²) in [6, 6.07) is 2.19. The normalized spacial score (nSPS) is 13.4. The summed E-state index contributed by atoms with van der Waals surface area (Å²) < 4.78 is 0. The van der Waals surface area contributed by atoms with Crippen LogP contribution in [-0.4, -0.2) is 94.0 Å². The molecule has 3 amide bonds. The van der Waals surface area contributed by atoms with Gasteiger partial charge >= 0.3 is 11.9 Å². The Bertz CT molecular complexity index is 1420. The van der Waals surface area contributed by atoms with Gasteiger partial charge in [0.15, 0.2) is 11.9 Å². The number of hydrogen-bond acceptors (Lipinski definition) is 8. The van der Waals surface area contributed by atoms with Crippen molar-refractivity contribution in [2.24, 2.45) is 38.7 Å². The van der Waals surface area contributed by atoms with E-state index in [2.05, 4.69) is 30.9 Å². The minimum atomic E-state index is -1.37. The molecule has 1 aromatic heterocycles. The number of amides is 3. The van der Waals surface area contributed by atoms with E-state index in [0.717, 1.165) is 10.9 Å². The van der Waals surface area contributed by atoms with Gasteiger partial charge in [-0.15, -0.1) is 0 Å². The lowest BCUT2D eigenvalue weighted by molar-refractivity contribution is -0.142. The zero-order valence-corrected chi connectivity index (χ0v) is 25.3. The lowest BCUT2D eigenvalue weighted by Gasteiger charge is -2.25. The predicted molar refractivity (Wildman–Crippen MR) is 170 cm³/mol. The molecule has 0 fully saturated rings. The molecular weight excluding hydrogens is 602 g/mol. The molecule has 0 aliphatic carbocycles. The maximum atomic E-state index is 13.4. The molecule has 0 saturated carbocycles. The Hall–Kier alpha value is -5.39. The van der Waals surface area contributed by atoms with Gasteiger partial charge in [-0.05, 0) is 43.7 Å². The van der Waals surface area contributed by atoms with Crippen molar-refractivity contribution in [1.82, 2.24) is 20.9 Å². The molecule has 2 aromatic rings. The summed E-state index contributed by atoms with van der Waals surface area (Å²) in [5.41, 5.74) is 28.7. The first-order chi connectivity index (χ1) is 21.8. The fraction of sp³-hybridized carbons (Fsp3) is 0.464. The summed E-state index contributed by atoms with van der Waals surface area (Å²) in [4.78, 5) is 73.7. The number of carbonyl (C=O) groups excluding carboxylic acids is 3. The van der Waals surface area contributed by atoms with Gasteiger partial charge < -0.3 is 59.8 Å². The van der Waals surface area contributed by atoms with Crippen LogP contribution < -0.4 is 44.6 Å². The van der Waals surface area contributed by atoms with E-state index in [0.29, 0.717) is 12.0 Å². The summed E-state index contributed by atoms with van der Waals surface area (Å²) in [6.07, 6.45) is 1.53. The molecule has 0 aliphatic rings. The SMILES string of the molecule is NC(N)=NCCCC(N)C(=O)NC(CCC(=O)O)C(=O)NC(CCCN=C(N)N)C(=O)NC(Cc1c[nH]c2ccccc12)C(=O)O. The van der Waals surface area contributed by atoms with Crippen LogP contribution in [0, 0.1) is 0 Å². The number of rotatable bonds is 20. The molecule has 2 rings (SSSR count). The number of aliphatic carboxylic acids is 2. The Kier molecular flexibility index (Phi) is 14.7. The summed E-state index contributed by atoms with van der Waals surface area (Å²) in [5, 5.41) is 27.3. The highest BCUT2D eigenvalue weighted by atomic mass is 16.4. The number of aromatic amines is 1. The van der Waals surface area contributed by atoms with Crippen molar-refractivity contribution in [3.63, 3.8) is 0 Å². The third-order valence-corrected chi connectivity index (χ3v) is 6.88. The number of carboxylic acids is 2. The second-order valence-corrected chi connectivity index (χ2v) is 10.5. The second kappa shape index (κ2) is 18.4. The molecule has 0 bridgehead atoms. The Morgan fingerprint density at radius 3 is 1.89 bits per heavy atom. The zero-order chi connectivity index (χ0) is 34.2. The van der Waals surface area contributed by atoms with Crippen LogP contribution in [0.1, 0.15) is 44.1 Å². The maximum absolute atomic E-state index is 13.4. The van der Waals surface area contributed by atoms with E-state index in [1.54, 1.807) is 12.3 Å².